The number of phenols is 2. The van der Waals surface area contributed by atoms with Crippen LogP contribution < -0.4 is 11.1 Å². The summed E-state index contributed by atoms with van der Waals surface area (Å²) in [6.45, 7) is 1.75. The number of carbonyl (C=O) groups excluding carboxylic acids is 1. The summed E-state index contributed by atoms with van der Waals surface area (Å²) in [6.07, 6.45) is 1.17. The van der Waals surface area contributed by atoms with Gasteiger partial charge in [-0.2, -0.15) is 5.10 Å². The van der Waals surface area contributed by atoms with Crippen LogP contribution in [0.1, 0.15) is 21.5 Å². The van der Waals surface area contributed by atoms with Gasteiger partial charge >= 0.3 is 5.63 Å². The van der Waals surface area contributed by atoms with Crippen LogP contribution in [0.2, 0.25) is 0 Å². The first-order valence-electron chi connectivity index (χ1n) is 7.45. The van der Waals surface area contributed by atoms with Crippen LogP contribution in [-0.4, -0.2) is 22.3 Å². The number of benzene rings is 2. The van der Waals surface area contributed by atoms with Gasteiger partial charge in [0.25, 0.3) is 5.91 Å². The third kappa shape index (κ3) is 3.45. The molecule has 0 spiro atoms. The SMILES string of the molecule is Cc1cc(=O)oc2c(/C=N/NC(=O)c3cc(Br)ccc3O)c(O)ccc12. The number of carbonyl (C=O) groups is 1. The van der Waals surface area contributed by atoms with E-state index in [-0.39, 0.29) is 28.2 Å². The van der Waals surface area contributed by atoms with Crippen molar-refractivity contribution in [2.45, 2.75) is 6.92 Å². The van der Waals surface area contributed by atoms with Crippen molar-refractivity contribution in [3.63, 3.8) is 0 Å². The van der Waals surface area contributed by atoms with Crippen LogP contribution in [0, 0.1) is 6.92 Å². The number of aryl methyl sites for hydroxylation is 1. The first-order chi connectivity index (χ1) is 12.4. The Bertz CT molecular complexity index is 1100. The average molecular weight is 417 g/mol. The highest BCUT2D eigenvalue weighted by Crippen LogP contribution is 2.26. The maximum Gasteiger partial charge on any atom is 0.336 e. The van der Waals surface area contributed by atoms with Gasteiger partial charge in [-0.05, 0) is 42.8 Å². The quantitative estimate of drug-likeness (QED) is 0.345. The fourth-order valence-corrected chi connectivity index (χ4v) is 2.79. The van der Waals surface area contributed by atoms with Gasteiger partial charge in [0, 0.05) is 15.9 Å². The Labute approximate surface area is 155 Å². The molecular formula is C18H13BrN2O5. The average Bonchev–Trinajstić information content (AvgIpc) is 2.58. The molecule has 2 aromatic carbocycles. The highest BCUT2D eigenvalue weighted by Gasteiger charge is 2.13. The summed E-state index contributed by atoms with van der Waals surface area (Å²) in [4.78, 5) is 23.7. The van der Waals surface area contributed by atoms with Crippen molar-refractivity contribution in [3.05, 3.63) is 68.0 Å². The minimum atomic E-state index is -0.641. The van der Waals surface area contributed by atoms with Crippen molar-refractivity contribution < 1.29 is 19.4 Å². The Morgan fingerprint density at radius 2 is 1.92 bits per heavy atom. The van der Waals surface area contributed by atoms with E-state index in [2.05, 4.69) is 26.5 Å². The van der Waals surface area contributed by atoms with Gasteiger partial charge < -0.3 is 14.6 Å². The molecule has 3 rings (SSSR count). The van der Waals surface area contributed by atoms with Gasteiger partial charge in [-0.3, -0.25) is 4.79 Å². The molecule has 0 aliphatic carbocycles. The molecule has 7 nitrogen and oxygen atoms in total. The standard InChI is InChI=1S/C18H13BrN2O5/c1-9-6-16(24)26-17-11(9)3-5-15(23)13(17)8-20-21-18(25)12-7-10(19)2-4-14(12)22/h2-8,22-23H,1H3,(H,21,25)/b20-8+. The van der Waals surface area contributed by atoms with Gasteiger partial charge in [0.15, 0.2) is 5.58 Å². The number of amides is 1. The van der Waals surface area contributed by atoms with Crippen molar-refractivity contribution in [2.75, 3.05) is 0 Å². The van der Waals surface area contributed by atoms with E-state index in [9.17, 15) is 19.8 Å². The number of phenolic OH excluding ortho intramolecular Hbond substituents is 2. The van der Waals surface area contributed by atoms with Gasteiger partial charge in [0.05, 0.1) is 17.3 Å². The third-order valence-electron chi connectivity index (χ3n) is 3.70. The molecule has 3 N–H and O–H groups in total. The Morgan fingerprint density at radius 3 is 2.69 bits per heavy atom. The van der Waals surface area contributed by atoms with Crippen LogP contribution in [0.3, 0.4) is 0 Å². The van der Waals surface area contributed by atoms with Crippen LogP contribution in [0.15, 0.2) is 55.2 Å². The van der Waals surface area contributed by atoms with Crippen LogP contribution >= 0.6 is 15.9 Å². The zero-order valence-corrected chi connectivity index (χ0v) is 15.1. The number of hydrogen-bond donors (Lipinski definition) is 3. The van der Waals surface area contributed by atoms with Crippen molar-refractivity contribution in [1.29, 1.82) is 0 Å². The zero-order valence-electron chi connectivity index (χ0n) is 13.5. The largest absolute Gasteiger partial charge is 0.507 e. The molecule has 0 aliphatic heterocycles. The minimum absolute atomic E-state index is 0.0287. The molecule has 0 saturated heterocycles. The lowest BCUT2D eigenvalue weighted by atomic mass is 10.1. The van der Waals surface area contributed by atoms with E-state index >= 15 is 0 Å². The molecule has 0 atom stereocenters. The molecule has 0 bridgehead atoms. The smallest absolute Gasteiger partial charge is 0.336 e. The zero-order chi connectivity index (χ0) is 18.8. The Kier molecular flexibility index (Phi) is 4.77. The van der Waals surface area contributed by atoms with Gasteiger partial charge in [-0.1, -0.05) is 15.9 Å². The van der Waals surface area contributed by atoms with E-state index in [1.165, 1.54) is 30.5 Å². The van der Waals surface area contributed by atoms with Crippen molar-refractivity contribution in [2.24, 2.45) is 5.10 Å². The molecular weight excluding hydrogens is 404 g/mol. The molecule has 0 aliphatic rings. The maximum atomic E-state index is 12.1. The number of hydrogen-bond acceptors (Lipinski definition) is 6. The molecule has 1 amide bonds. The number of fused-ring (bicyclic) bond motifs is 1. The van der Waals surface area contributed by atoms with E-state index in [1.54, 1.807) is 19.1 Å². The topological polar surface area (TPSA) is 112 Å². The fraction of sp³-hybridized carbons (Fsp3) is 0.0556. The number of hydrazone groups is 1. The Balaban J connectivity index is 1.94. The minimum Gasteiger partial charge on any atom is -0.507 e. The predicted molar refractivity (Wildman–Crippen MR) is 99.8 cm³/mol. The van der Waals surface area contributed by atoms with E-state index in [4.69, 9.17) is 4.42 Å². The molecule has 1 heterocycles. The second kappa shape index (κ2) is 7.01. The van der Waals surface area contributed by atoms with Gasteiger partial charge in [0.1, 0.15) is 11.5 Å². The first-order valence-corrected chi connectivity index (χ1v) is 8.24. The summed E-state index contributed by atoms with van der Waals surface area (Å²) in [5.41, 5.74) is 2.74. The van der Waals surface area contributed by atoms with Crippen molar-refractivity contribution in [3.8, 4) is 11.5 Å². The lowest BCUT2D eigenvalue weighted by molar-refractivity contribution is 0.0952. The monoisotopic (exact) mass is 416 g/mol. The predicted octanol–water partition coefficient (Wildman–Crippen LogP) is 3.04. The highest BCUT2D eigenvalue weighted by molar-refractivity contribution is 9.10. The molecule has 26 heavy (non-hydrogen) atoms. The van der Waals surface area contributed by atoms with Crippen molar-refractivity contribution in [1.82, 2.24) is 5.43 Å². The molecule has 132 valence electrons. The second-order valence-electron chi connectivity index (χ2n) is 5.48. The number of aromatic hydroxyl groups is 2. The van der Waals surface area contributed by atoms with Crippen LogP contribution in [0.4, 0.5) is 0 Å². The maximum absolute atomic E-state index is 12.1. The fourth-order valence-electron chi connectivity index (χ4n) is 2.42. The van der Waals surface area contributed by atoms with Crippen LogP contribution in [-0.2, 0) is 0 Å². The number of halogens is 1. The molecule has 0 radical (unpaired) electrons. The van der Waals surface area contributed by atoms with Gasteiger partial charge in [-0.15, -0.1) is 0 Å². The normalized spacial score (nSPS) is 11.2. The van der Waals surface area contributed by atoms with Gasteiger partial charge in [0.2, 0.25) is 0 Å². The molecule has 1 aromatic heterocycles. The molecule has 3 aromatic rings. The van der Waals surface area contributed by atoms with Crippen molar-refractivity contribution >= 4 is 39.0 Å². The molecule has 0 fully saturated rings. The molecule has 0 saturated carbocycles. The summed E-state index contributed by atoms with van der Waals surface area (Å²) in [5, 5.41) is 24.2. The Morgan fingerprint density at radius 1 is 1.19 bits per heavy atom. The number of nitrogens with one attached hydrogen (secondary N) is 1. The summed E-state index contributed by atoms with van der Waals surface area (Å²) in [7, 11) is 0. The summed E-state index contributed by atoms with van der Waals surface area (Å²) in [6, 6.07) is 8.82. The highest BCUT2D eigenvalue weighted by atomic mass is 79.9. The first kappa shape index (κ1) is 17.7. The van der Waals surface area contributed by atoms with Gasteiger partial charge in [-0.25, -0.2) is 10.2 Å². The lowest BCUT2D eigenvalue weighted by Gasteiger charge is -2.06. The summed E-state index contributed by atoms with van der Waals surface area (Å²) >= 11 is 3.22. The Hall–Kier alpha value is -3.13. The van der Waals surface area contributed by atoms with Crippen LogP contribution in [0.25, 0.3) is 11.0 Å². The summed E-state index contributed by atoms with van der Waals surface area (Å²) in [5.74, 6) is -0.998. The van der Waals surface area contributed by atoms with E-state index in [0.717, 1.165) is 0 Å². The molecule has 0 unspecified atom stereocenters. The van der Waals surface area contributed by atoms with E-state index in [0.29, 0.717) is 15.4 Å². The third-order valence-corrected chi connectivity index (χ3v) is 4.19. The summed E-state index contributed by atoms with van der Waals surface area (Å²) < 4.78 is 5.78. The number of nitrogens with zero attached hydrogens (tertiary/aromatic N) is 1. The van der Waals surface area contributed by atoms with E-state index in [1.807, 2.05) is 0 Å². The van der Waals surface area contributed by atoms with E-state index < -0.39 is 11.5 Å². The number of rotatable bonds is 3. The molecule has 8 heteroatoms. The second-order valence-corrected chi connectivity index (χ2v) is 6.40. The van der Waals surface area contributed by atoms with Crippen LogP contribution in [0.5, 0.6) is 11.5 Å². The lowest BCUT2D eigenvalue weighted by Crippen LogP contribution is -2.17.